The molecule has 1 atom stereocenters. The lowest BCUT2D eigenvalue weighted by atomic mass is 10.2. The van der Waals surface area contributed by atoms with Crippen molar-refractivity contribution in [3.8, 4) is 0 Å². The number of carbonyl (C=O) groups is 1. The van der Waals surface area contributed by atoms with Crippen molar-refractivity contribution >= 4 is 6.09 Å². The summed E-state index contributed by atoms with van der Waals surface area (Å²) in [7, 11) is 0. The van der Waals surface area contributed by atoms with Crippen molar-refractivity contribution in [2.75, 3.05) is 26.4 Å². The highest BCUT2D eigenvalue weighted by molar-refractivity contribution is 5.67. The maximum absolute atomic E-state index is 12.7. The number of carbonyl (C=O) groups excluding carboxylic acids is 1. The van der Waals surface area contributed by atoms with Crippen LogP contribution in [0.2, 0.25) is 0 Å². The molecule has 0 bridgehead atoms. The molecule has 0 heterocycles. The minimum Gasteiger partial charge on any atom is -0.491 e. The highest BCUT2D eigenvalue weighted by Crippen LogP contribution is 2.22. The van der Waals surface area contributed by atoms with E-state index in [9.17, 15) is 22.4 Å². The molecule has 0 aromatic rings. The van der Waals surface area contributed by atoms with Crippen LogP contribution in [-0.4, -0.2) is 44.7 Å². The van der Waals surface area contributed by atoms with Gasteiger partial charge in [-0.15, -0.1) is 0 Å². The summed E-state index contributed by atoms with van der Waals surface area (Å²) in [6.45, 7) is 9.29. The number of alkyl halides is 3. The molecule has 24 heavy (non-hydrogen) atoms. The van der Waals surface area contributed by atoms with Gasteiger partial charge in [-0.1, -0.05) is 13.2 Å². The summed E-state index contributed by atoms with van der Waals surface area (Å²) >= 11 is 0. The van der Waals surface area contributed by atoms with Crippen molar-refractivity contribution in [2.45, 2.75) is 26.1 Å². The van der Waals surface area contributed by atoms with Gasteiger partial charge in [0.15, 0.2) is 6.10 Å². The van der Waals surface area contributed by atoms with Crippen molar-refractivity contribution in [1.29, 1.82) is 0 Å². The Bertz CT molecular complexity index is 475. The Morgan fingerprint density at radius 1 is 1.25 bits per heavy atom. The fourth-order valence-corrected chi connectivity index (χ4v) is 1.24. The summed E-state index contributed by atoms with van der Waals surface area (Å²) in [5.41, 5.74) is 0.511. The van der Waals surface area contributed by atoms with Gasteiger partial charge in [0, 0.05) is 12.6 Å². The molecule has 0 rings (SSSR count). The SMILES string of the molecule is C=C(F)/C=C(/OCCOCCNC(=O)OC(C)C(F)(F)F)C(=C)C. The van der Waals surface area contributed by atoms with Gasteiger partial charge in [-0.2, -0.15) is 13.2 Å². The second-order valence-electron chi connectivity index (χ2n) is 4.71. The van der Waals surface area contributed by atoms with Gasteiger partial charge < -0.3 is 19.5 Å². The van der Waals surface area contributed by atoms with E-state index < -0.39 is 24.2 Å². The zero-order valence-electron chi connectivity index (χ0n) is 13.5. The molecular weight excluding hydrogens is 334 g/mol. The first kappa shape index (κ1) is 22.0. The Labute approximate surface area is 137 Å². The van der Waals surface area contributed by atoms with Gasteiger partial charge in [0.25, 0.3) is 0 Å². The molecule has 0 saturated carbocycles. The van der Waals surface area contributed by atoms with Gasteiger partial charge in [0.2, 0.25) is 0 Å². The van der Waals surface area contributed by atoms with Crippen LogP contribution < -0.4 is 5.32 Å². The third kappa shape index (κ3) is 10.7. The van der Waals surface area contributed by atoms with Gasteiger partial charge >= 0.3 is 12.3 Å². The average Bonchev–Trinajstić information content (AvgIpc) is 2.43. The Kier molecular flexibility index (Phi) is 9.79. The van der Waals surface area contributed by atoms with Crippen LogP contribution in [0.4, 0.5) is 22.4 Å². The van der Waals surface area contributed by atoms with Crippen LogP contribution in [0.1, 0.15) is 13.8 Å². The maximum atomic E-state index is 12.7. The van der Waals surface area contributed by atoms with E-state index in [0.29, 0.717) is 5.57 Å². The maximum Gasteiger partial charge on any atom is 0.425 e. The minimum atomic E-state index is -4.61. The minimum absolute atomic E-state index is 0.0339. The van der Waals surface area contributed by atoms with Crippen LogP contribution in [0.3, 0.4) is 0 Å². The molecule has 0 aliphatic rings. The summed E-state index contributed by atoms with van der Waals surface area (Å²) in [6.07, 6.45) is -6.90. The fraction of sp³-hybridized carbons (Fsp3) is 0.533. The van der Waals surface area contributed by atoms with E-state index in [2.05, 4.69) is 23.2 Å². The zero-order chi connectivity index (χ0) is 18.8. The number of amides is 1. The van der Waals surface area contributed by atoms with Gasteiger partial charge in [0.05, 0.1) is 13.2 Å². The number of allylic oxidation sites excluding steroid dienone is 3. The number of alkyl carbamates (subject to hydrolysis) is 1. The van der Waals surface area contributed by atoms with E-state index in [-0.39, 0.29) is 32.1 Å². The lowest BCUT2D eigenvalue weighted by Gasteiger charge is -2.16. The average molecular weight is 355 g/mol. The predicted octanol–water partition coefficient (Wildman–Crippen LogP) is 3.64. The van der Waals surface area contributed by atoms with E-state index in [1.165, 1.54) is 0 Å². The van der Waals surface area contributed by atoms with E-state index in [1.54, 1.807) is 6.92 Å². The lowest BCUT2D eigenvalue weighted by molar-refractivity contribution is -0.197. The van der Waals surface area contributed by atoms with Crippen LogP contribution >= 0.6 is 0 Å². The quantitative estimate of drug-likeness (QED) is 0.281. The number of rotatable bonds is 10. The summed E-state index contributed by atoms with van der Waals surface area (Å²) in [5, 5.41) is 2.12. The van der Waals surface area contributed by atoms with Crippen molar-refractivity contribution in [3.05, 3.63) is 36.4 Å². The molecule has 0 aliphatic heterocycles. The van der Waals surface area contributed by atoms with E-state index in [1.807, 2.05) is 0 Å². The van der Waals surface area contributed by atoms with Crippen molar-refractivity contribution in [3.63, 3.8) is 0 Å². The van der Waals surface area contributed by atoms with Crippen molar-refractivity contribution in [2.24, 2.45) is 0 Å². The third-order valence-electron chi connectivity index (χ3n) is 2.45. The molecule has 0 aromatic carbocycles. The molecule has 9 heteroatoms. The normalized spacial score (nSPS) is 13.2. The second kappa shape index (κ2) is 10.7. The van der Waals surface area contributed by atoms with E-state index >= 15 is 0 Å². The molecule has 1 unspecified atom stereocenters. The molecule has 5 nitrogen and oxygen atoms in total. The lowest BCUT2D eigenvalue weighted by Crippen LogP contribution is -2.36. The molecule has 138 valence electrons. The Morgan fingerprint density at radius 3 is 2.38 bits per heavy atom. The molecule has 0 saturated heterocycles. The van der Waals surface area contributed by atoms with Crippen LogP contribution in [0.5, 0.6) is 0 Å². The molecule has 0 aromatic heterocycles. The van der Waals surface area contributed by atoms with Crippen molar-refractivity contribution < 1.29 is 36.6 Å². The van der Waals surface area contributed by atoms with E-state index in [4.69, 9.17) is 9.47 Å². The van der Waals surface area contributed by atoms with Crippen LogP contribution in [-0.2, 0) is 14.2 Å². The second-order valence-corrected chi connectivity index (χ2v) is 4.71. The highest BCUT2D eigenvalue weighted by atomic mass is 19.4. The van der Waals surface area contributed by atoms with Crippen LogP contribution in [0.25, 0.3) is 0 Å². The predicted molar refractivity (Wildman–Crippen MR) is 79.9 cm³/mol. The number of hydrogen-bond donors (Lipinski definition) is 1. The van der Waals surface area contributed by atoms with Crippen molar-refractivity contribution in [1.82, 2.24) is 5.32 Å². The van der Waals surface area contributed by atoms with Gasteiger partial charge in [-0.3, -0.25) is 0 Å². The molecule has 0 spiro atoms. The molecule has 0 aliphatic carbocycles. The van der Waals surface area contributed by atoms with Gasteiger partial charge in [0.1, 0.15) is 18.2 Å². The molecule has 1 amide bonds. The monoisotopic (exact) mass is 355 g/mol. The number of halogens is 4. The van der Waals surface area contributed by atoms with E-state index in [0.717, 1.165) is 13.0 Å². The number of hydrogen-bond acceptors (Lipinski definition) is 4. The Morgan fingerprint density at radius 2 is 1.88 bits per heavy atom. The first-order chi connectivity index (χ1) is 11.0. The summed E-state index contributed by atoms with van der Waals surface area (Å²) in [5.74, 6) is -0.446. The summed E-state index contributed by atoms with van der Waals surface area (Å²) < 4.78 is 63.6. The Balaban J connectivity index is 3.83. The highest BCUT2D eigenvalue weighted by Gasteiger charge is 2.39. The summed E-state index contributed by atoms with van der Waals surface area (Å²) in [6, 6.07) is 0. The van der Waals surface area contributed by atoms with Crippen LogP contribution in [0, 0.1) is 0 Å². The number of ether oxygens (including phenoxy) is 3. The first-order valence-corrected chi connectivity index (χ1v) is 6.97. The van der Waals surface area contributed by atoms with Gasteiger partial charge in [-0.05, 0) is 19.4 Å². The largest absolute Gasteiger partial charge is 0.491 e. The fourth-order valence-electron chi connectivity index (χ4n) is 1.24. The molecule has 1 N–H and O–H groups in total. The molecular formula is C15H21F4NO4. The third-order valence-corrected chi connectivity index (χ3v) is 2.45. The molecule has 0 radical (unpaired) electrons. The summed E-state index contributed by atoms with van der Waals surface area (Å²) in [4.78, 5) is 11.1. The topological polar surface area (TPSA) is 56.8 Å². The zero-order valence-corrected chi connectivity index (χ0v) is 13.5. The Hall–Kier alpha value is -2.03. The molecule has 0 fully saturated rings. The number of nitrogens with one attached hydrogen (secondary N) is 1. The standard InChI is InChI=1S/C15H21F4NO4/c1-10(2)13(9-11(3)16)23-8-7-22-6-5-20-14(21)24-12(4)15(17,18)19/h9,12H,1,3,5-8H2,2,4H3,(H,20,21)/b13-9+. The smallest absolute Gasteiger partial charge is 0.425 e. The first-order valence-electron chi connectivity index (χ1n) is 6.97. The van der Waals surface area contributed by atoms with Crippen LogP contribution in [0.15, 0.2) is 36.4 Å². The van der Waals surface area contributed by atoms with Gasteiger partial charge in [-0.25, -0.2) is 9.18 Å².